The minimum atomic E-state index is -5.00. The van der Waals surface area contributed by atoms with Crippen LogP contribution in [0.5, 0.6) is 0 Å². The highest BCUT2D eigenvalue weighted by atomic mass is 19.4. The number of halogens is 6. The van der Waals surface area contributed by atoms with Gasteiger partial charge in [0.15, 0.2) is 0 Å². The van der Waals surface area contributed by atoms with Crippen molar-refractivity contribution < 1.29 is 40.7 Å². The third-order valence-electron chi connectivity index (χ3n) is 6.28. The van der Waals surface area contributed by atoms with Crippen LogP contribution in [0.15, 0.2) is 42.5 Å². The molecule has 0 saturated carbocycles. The smallest absolute Gasteiger partial charge is 0.416 e. The number of hydrogen-bond donors (Lipinski definition) is 0. The molecule has 0 fully saturated rings. The fourth-order valence-corrected chi connectivity index (χ4v) is 4.69. The minimum absolute atomic E-state index is 0.0260. The first-order chi connectivity index (χ1) is 17.4. The van der Waals surface area contributed by atoms with Gasteiger partial charge in [-0.05, 0) is 62.6 Å². The molecule has 5 nitrogen and oxygen atoms in total. The Morgan fingerprint density at radius 1 is 0.947 bits per heavy atom. The largest absolute Gasteiger partial charge is 0.443 e. The Bertz CT molecular complexity index is 1150. The van der Waals surface area contributed by atoms with Gasteiger partial charge < -0.3 is 9.64 Å². The van der Waals surface area contributed by atoms with Crippen LogP contribution in [0.1, 0.15) is 69.2 Å². The summed E-state index contributed by atoms with van der Waals surface area (Å²) in [5, 5.41) is 0. The molecule has 2 aromatic carbocycles. The molecule has 3 rings (SSSR count). The van der Waals surface area contributed by atoms with E-state index >= 15 is 0 Å². The summed E-state index contributed by atoms with van der Waals surface area (Å²) >= 11 is 0. The molecule has 2 atom stereocenters. The van der Waals surface area contributed by atoms with Gasteiger partial charge in [0.1, 0.15) is 5.60 Å². The predicted octanol–water partition coefficient (Wildman–Crippen LogP) is 7.39. The number of alkyl halides is 6. The van der Waals surface area contributed by atoms with Gasteiger partial charge in [-0.25, -0.2) is 4.79 Å². The SMILES string of the molecule is CCC1C(CN(Cc2cc(C(F)(F)F)cc(C(F)(F)F)c2)C(C)=O)c2ccccc2N1C(=O)OC(C)(C)C. The van der Waals surface area contributed by atoms with Crippen LogP contribution in [0.3, 0.4) is 0 Å². The number of amides is 2. The van der Waals surface area contributed by atoms with Crippen molar-refractivity contribution in [2.45, 2.75) is 77.5 Å². The van der Waals surface area contributed by atoms with Crippen molar-refractivity contribution >= 4 is 17.7 Å². The monoisotopic (exact) mass is 544 g/mol. The van der Waals surface area contributed by atoms with Crippen LogP contribution in [-0.2, 0) is 28.4 Å². The Morgan fingerprint density at radius 3 is 1.97 bits per heavy atom. The first-order valence-electron chi connectivity index (χ1n) is 12.1. The molecule has 208 valence electrons. The van der Waals surface area contributed by atoms with Crippen molar-refractivity contribution in [2.24, 2.45) is 0 Å². The summed E-state index contributed by atoms with van der Waals surface area (Å²) in [4.78, 5) is 28.4. The average Bonchev–Trinajstić information content (AvgIpc) is 3.09. The van der Waals surface area contributed by atoms with Crippen LogP contribution in [0.4, 0.5) is 36.8 Å². The van der Waals surface area contributed by atoms with Gasteiger partial charge in [0.25, 0.3) is 0 Å². The highest BCUT2D eigenvalue weighted by molar-refractivity contribution is 5.92. The molecular formula is C27H30F6N2O3. The molecule has 2 amide bonds. The van der Waals surface area contributed by atoms with Gasteiger partial charge >= 0.3 is 18.4 Å². The lowest BCUT2D eigenvalue weighted by Gasteiger charge is -2.32. The second kappa shape index (κ2) is 10.5. The Morgan fingerprint density at radius 2 is 1.50 bits per heavy atom. The quantitative estimate of drug-likeness (QED) is 0.369. The van der Waals surface area contributed by atoms with Crippen LogP contribution in [-0.4, -0.2) is 35.1 Å². The maximum Gasteiger partial charge on any atom is 0.416 e. The van der Waals surface area contributed by atoms with Crippen LogP contribution >= 0.6 is 0 Å². The number of anilines is 1. The normalized spacial score (nSPS) is 17.8. The molecule has 0 radical (unpaired) electrons. The molecule has 38 heavy (non-hydrogen) atoms. The van der Waals surface area contributed by atoms with E-state index in [1.807, 2.05) is 6.92 Å². The van der Waals surface area contributed by atoms with Gasteiger partial charge in [0, 0.05) is 32.0 Å². The van der Waals surface area contributed by atoms with E-state index in [2.05, 4.69) is 0 Å². The molecule has 0 spiro atoms. The highest BCUT2D eigenvalue weighted by Gasteiger charge is 2.43. The lowest BCUT2D eigenvalue weighted by atomic mass is 9.92. The van der Waals surface area contributed by atoms with Crippen molar-refractivity contribution in [2.75, 3.05) is 11.4 Å². The summed E-state index contributed by atoms with van der Waals surface area (Å²) in [6.45, 7) is 7.74. The molecule has 0 aliphatic carbocycles. The highest BCUT2D eigenvalue weighted by Crippen LogP contribution is 2.44. The number of para-hydroxylation sites is 1. The van der Waals surface area contributed by atoms with Crippen molar-refractivity contribution in [3.63, 3.8) is 0 Å². The third kappa shape index (κ3) is 6.60. The van der Waals surface area contributed by atoms with Gasteiger partial charge in [0.2, 0.25) is 5.91 Å². The fraction of sp³-hybridized carbons (Fsp3) is 0.481. The zero-order valence-corrected chi connectivity index (χ0v) is 21.7. The Kier molecular flexibility index (Phi) is 8.10. The molecule has 11 heteroatoms. The van der Waals surface area contributed by atoms with E-state index < -0.39 is 59.6 Å². The molecule has 0 N–H and O–H groups in total. The zero-order chi connectivity index (χ0) is 28.6. The molecular weight excluding hydrogens is 514 g/mol. The molecule has 1 aliphatic heterocycles. The Hall–Kier alpha value is -3.24. The maximum atomic E-state index is 13.4. The number of carbonyl (C=O) groups is 2. The summed E-state index contributed by atoms with van der Waals surface area (Å²) in [7, 11) is 0. The summed E-state index contributed by atoms with van der Waals surface area (Å²) < 4.78 is 85.8. The molecule has 1 heterocycles. The van der Waals surface area contributed by atoms with Crippen molar-refractivity contribution in [3.8, 4) is 0 Å². The van der Waals surface area contributed by atoms with E-state index in [9.17, 15) is 35.9 Å². The first-order valence-corrected chi connectivity index (χ1v) is 12.1. The second-order valence-electron chi connectivity index (χ2n) is 10.3. The molecule has 2 unspecified atom stereocenters. The lowest BCUT2D eigenvalue weighted by Crippen LogP contribution is -2.44. The van der Waals surface area contributed by atoms with Gasteiger partial charge in [0.05, 0.1) is 16.8 Å². The van der Waals surface area contributed by atoms with E-state index in [0.717, 1.165) is 5.56 Å². The summed E-state index contributed by atoms with van der Waals surface area (Å²) in [6, 6.07) is 7.89. The zero-order valence-electron chi connectivity index (χ0n) is 21.7. The van der Waals surface area contributed by atoms with Crippen molar-refractivity contribution in [1.29, 1.82) is 0 Å². The summed E-state index contributed by atoms with van der Waals surface area (Å²) in [6.07, 6.45) is -10.1. The van der Waals surface area contributed by atoms with Gasteiger partial charge in [-0.15, -0.1) is 0 Å². The fourth-order valence-electron chi connectivity index (χ4n) is 4.69. The molecule has 0 bridgehead atoms. The summed E-state index contributed by atoms with van der Waals surface area (Å²) in [5.74, 6) is -0.973. The van der Waals surface area contributed by atoms with Crippen LogP contribution in [0.2, 0.25) is 0 Å². The standard InChI is InChI=1S/C27H30F6N2O3/c1-6-22-21(20-9-7-8-10-23(20)35(22)24(37)38-25(3,4)5)15-34(16(2)36)14-17-11-18(26(28,29)30)13-19(12-17)27(31,32)33/h7-13,21-22H,6,14-15H2,1-5H3. The third-order valence-corrected chi connectivity index (χ3v) is 6.28. The topological polar surface area (TPSA) is 49.9 Å². The lowest BCUT2D eigenvalue weighted by molar-refractivity contribution is -0.143. The molecule has 2 aromatic rings. The van der Waals surface area contributed by atoms with E-state index in [4.69, 9.17) is 4.74 Å². The number of hydrogen-bond acceptors (Lipinski definition) is 3. The maximum absolute atomic E-state index is 13.4. The van der Waals surface area contributed by atoms with E-state index in [0.29, 0.717) is 24.2 Å². The number of nitrogens with zero attached hydrogens (tertiary/aromatic N) is 2. The number of rotatable bonds is 5. The summed E-state index contributed by atoms with van der Waals surface area (Å²) in [5.41, 5.74) is -2.64. The van der Waals surface area contributed by atoms with Crippen molar-refractivity contribution in [3.05, 3.63) is 64.7 Å². The van der Waals surface area contributed by atoms with Gasteiger partial charge in [-0.2, -0.15) is 26.3 Å². The molecule has 0 saturated heterocycles. The van der Waals surface area contributed by atoms with Crippen LogP contribution in [0, 0.1) is 0 Å². The van der Waals surface area contributed by atoms with Gasteiger partial charge in [-0.1, -0.05) is 25.1 Å². The number of benzene rings is 2. The van der Waals surface area contributed by atoms with Crippen LogP contribution in [0.25, 0.3) is 0 Å². The van der Waals surface area contributed by atoms with E-state index in [1.165, 1.54) is 16.7 Å². The minimum Gasteiger partial charge on any atom is -0.443 e. The van der Waals surface area contributed by atoms with Crippen LogP contribution < -0.4 is 4.90 Å². The number of carbonyl (C=O) groups excluding carboxylic acids is 2. The van der Waals surface area contributed by atoms with E-state index in [1.54, 1.807) is 45.0 Å². The Balaban J connectivity index is 1.99. The number of ether oxygens (including phenoxy) is 1. The second-order valence-corrected chi connectivity index (χ2v) is 10.3. The predicted molar refractivity (Wildman–Crippen MR) is 130 cm³/mol. The Labute approximate surface area is 217 Å². The first kappa shape index (κ1) is 29.3. The van der Waals surface area contributed by atoms with Gasteiger partial charge in [-0.3, -0.25) is 9.69 Å². The average molecular weight is 545 g/mol. The molecule has 0 aromatic heterocycles. The van der Waals surface area contributed by atoms with Crippen molar-refractivity contribution in [1.82, 2.24) is 4.90 Å². The molecule has 1 aliphatic rings. The number of fused-ring (bicyclic) bond motifs is 1. The van der Waals surface area contributed by atoms with E-state index in [-0.39, 0.29) is 18.2 Å².